The summed E-state index contributed by atoms with van der Waals surface area (Å²) in [4.78, 5) is 25.5. The van der Waals surface area contributed by atoms with Gasteiger partial charge in [0.2, 0.25) is 0 Å². The van der Waals surface area contributed by atoms with Crippen molar-refractivity contribution in [3.05, 3.63) is 76.8 Å². The summed E-state index contributed by atoms with van der Waals surface area (Å²) in [5.74, 6) is -3.97. The Bertz CT molecular complexity index is 1020. The summed E-state index contributed by atoms with van der Waals surface area (Å²) in [7, 11) is 0. The first-order valence-electron chi connectivity index (χ1n) is 9.08. The van der Waals surface area contributed by atoms with E-state index in [9.17, 15) is 27.9 Å². The first-order chi connectivity index (χ1) is 13.8. The second kappa shape index (κ2) is 7.27. The van der Waals surface area contributed by atoms with Gasteiger partial charge in [-0.25, -0.2) is 13.2 Å². The lowest BCUT2D eigenvalue weighted by molar-refractivity contribution is -0.119. The quantitative estimate of drug-likeness (QED) is 0.807. The van der Waals surface area contributed by atoms with E-state index in [1.807, 2.05) is 0 Å². The number of carbonyl (C=O) groups excluding carboxylic acids is 2. The molecule has 29 heavy (non-hydrogen) atoms. The van der Waals surface area contributed by atoms with Crippen molar-refractivity contribution in [1.29, 1.82) is 0 Å². The standard InChI is InChI=1S/C21H17F3N2O3/c22-13-3-1-11(2-4-13)15-7-12(15)9-25-20(28)16-10-26(21(29)19(16)27)18-6-5-14(23)8-17(18)24/h1-6,8,12,15,27H,7,9-10H2,(H,25,28)/t12-,15-/m0/s1. The van der Waals surface area contributed by atoms with E-state index >= 15 is 0 Å². The van der Waals surface area contributed by atoms with Crippen molar-refractivity contribution >= 4 is 17.5 Å². The maximum atomic E-state index is 14.0. The SMILES string of the molecule is O=C(NC[C@@H]1C[C@H]1c1ccc(F)cc1)C1=C(O)C(=O)N(c2ccc(F)cc2F)C1. The Labute approximate surface area is 164 Å². The van der Waals surface area contributed by atoms with E-state index in [1.54, 1.807) is 12.1 Å². The van der Waals surface area contributed by atoms with Crippen LogP contribution < -0.4 is 10.2 Å². The molecular weight excluding hydrogens is 385 g/mol. The van der Waals surface area contributed by atoms with Crippen molar-refractivity contribution in [3.63, 3.8) is 0 Å². The van der Waals surface area contributed by atoms with E-state index in [2.05, 4.69) is 5.32 Å². The lowest BCUT2D eigenvalue weighted by Gasteiger charge is -2.17. The van der Waals surface area contributed by atoms with Crippen LogP contribution in [0, 0.1) is 23.4 Å². The van der Waals surface area contributed by atoms with Gasteiger partial charge in [0.1, 0.15) is 17.5 Å². The molecule has 4 rings (SSSR count). The molecule has 2 aromatic carbocycles. The van der Waals surface area contributed by atoms with Gasteiger partial charge >= 0.3 is 0 Å². The van der Waals surface area contributed by atoms with Gasteiger partial charge in [0.25, 0.3) is 11.8 Å². The number of rotatable bonds is 5. The molecule has 2 atom stereocenters. The zero-order valence-electron chi connectivity index (χ0n) is 15.2. The fraction of sp³-hybridized carbons (Fsp3) is 0.238. The smallest absolute Gasteiger partial charge is 0.294 e. The normalized spacial score (nSPS) is 20.9. The summed E-state index contributed by atoms with van der Waals surface area (Å²) in [5.41, 5.74) is 0.601. The van der Waals surface area contributed by atoms with Crippen LogP contribution in [-0.2, 0) is 9.59 Å². The van der Waals surface area contributed by atoms with Crippen LogP contribution in [0.25, 0.3) is 0 Å². The molecule has 5 nitrogen and oxygen atoms in total. The number of aliphatic hydroxyl groups is 1. The van der Waals surface area contributed by atoms with Crippen molar-refractivity contribution in [2.45, 2.75) is 12.3 Å². The van der Waals surface area contributed by atoms with Crippen molar-refractivity contribution in [3.8, 4) is 0 Å². The number of hydrogen-bond donors (Lipinski definition) is 2. The van der Waals surface area contributed by atoms with E-state index in [0.717, 1.165) is 29.0 Å². The van der Waals surface area contributed by atoms with Gasteiger partial charge in [-0.05, 0) is 48.1 Å². The van der Waals surface area contributed by atoms with Crippen LogP contribution in [0.4, 0.5) is 18.9 Å². The second-order valence-electron chi connectivity index (χ2n) is 7.18. The van der Waals surface area contributed by atoms with Crippen LogP contribution in [0.2, 0.25) is 0 Å². The van der Waals surface area contributed by atoms with Gasteiger partial charge < -0.3 is 10.4 Å². The number of nitrogens with zero attached hydrogens (tertiary/aromatic N) is 1. The number of amides is 2. The van der Waals surface area contributed by atoms with Crippen LogP contribution in [0.15, 0.2) is 53.8 Å². The van der Waals surface area contributed by atoms with Gasteiger partial charge in [0.05, 0.1) is 17.8 Å². The minimum Gasteiger partial charge on any atom is -0.503 e. The highest BCUT2D eigenvalue weighted by atomic mass is 19.1. The highest BCUT2D eigenvalue weighted by molar-refractivity contribution is 6.14. The first-order valence-corrected chi connectivity index (χ1v) is 9.08. The third-order valence-electron chi connectivity index (χ3n) is 5.27. The summed E-state index contributed by atoms with van der Waals surface area (Å²) < 4.78 is 40.0. The fourth-order valence-corrected chi connectivity index (χ4v) is 3.56. The van der Waals surface area contributed by atoms with Crippen LogP contribution in [0.5, 0.6) is 0 Å². The molecule has 0 radical (unpaired) electrons. The molecular formula is C21H17F3N2O3. The van der Waals surface area contributed by atoms with E-state index in [4.69, 9.17) is 0 Å². The molecule has 2 N–H and O–H groups in total. The topological polar surface area (TPSA) is 69.6 Å². The molecule has 150 valence electrons. The van der Waals surface area contributed by atoms with E-state index in [-0.39, 0.29) is 35.5 Å². The Morgan fingerprint density at radius 2 is 1.79 bits per heavy atom. The van der Waals surface area contributed by atoms with E-state index in [0.29, 0.717) is 12.6 Å². The average Bonchev–Trinajstić information content (AvgIpc) is 3.41. The zero-order valence-corrected chi connectivity index (χ0v) is 15.2. The van der Waals surface area contributed by atoms with Gasteiger partial charge in [-0.3, -0.25) is 14.5 Å². The average molecular weight is 402 g/mol. The molecule has 0 saturated heterocycles. The van der Waals surface area contributed by atoms with Gasteiger partial charge in [0, 0.05) is 12.6 Å². The summed E-state index contributed by atoms with van der Waals surface area (Å²) in [5, 5.41) is 12.7. The number of carbonyl (C=O) groups is 2. The predicted molar refractivity (Wildman–Crippen MR) is 98.6 cm³/mol. The van der Waals surface area contributed by atoms with Crippen LogP contribution >= 0.6 is 0 Å². The summed E-state index contributed by atoms with van der Waals surface area (Å²) >= 11 is 0. The van der Waals surface area contributed by atoms with Crippen LogP contribution in [0.1, 0.15) is 17.9 Å². The minimum atomic E-state index is -0.965. The largest absolute Gasteiger partial charge is 0.503 e. The molecule has 0 bridgehead atoms. The predicted octanol–water partition coefficient (Wildman–Crippen LogP) is 3.18. The van der Waals surface area contributed by atoms with E-state index in [1.165, 1.54) is 12.1 Å². The third kappa shape index (κ3) is 3.70. The Morgan fingerprint density at radius 1 is 1.10 bits per heavy atom. The molecule has 0 spiro atoms. The fourth-order valence-electron chi connectivity index (χ4n) is 3.56. The lowest BCUT2D eigenvalue weighted by Crippen LogP contribution is -2.31. The molecule has 2 amide bonds. The van der Waals surface area contributed by atoms with Crippen molar-refractivity contribution in [2.75, 3.05) is 18.0 Å². The first kappa shape index (κ1) is 19.0. The van der Waals surface area contributed by atoms with Crippen LogP contribution in [-0.4, -0.2) is 30.0 Å². The molecule has 0 aromatic heterocycles. The number of aliphatic hydroxyl groups excluding tert-OH is 1. The Balaban J connectivity index is 1.38. The third-order valence-corrected chi connectivity index (χ3v) is 5.27. The maximum absolute atomic E-state index is 14.0. The monoisotopic (exact) mass is 402 g/mol. The Kier molecular flexibility index (Phi) is 4.77. The van der Waals surface area contributed by atoms with Gasteiger partial charge in [-0.1, -0.05) is 12.1 Å². The maximum Gasteiger partial charge on any atom is 0.294 e. The van der Waals surface area contributed by atoms with Crippen molar-refractivity contribution in [1.82, 2.24) is 5.32 Å². The molecule has 2 aromatic rings. The van der Waals surface area contributed by atoms with Gasteiger partial charge in [-0.2, -0.15) is 0 Å². The lowest BCUT2D eigenvalue weighted by atomic mass is 10.1. The summed E-state index contributed by atoms with van der Waals surface area (Å²) in [6.45, 7) is 0.0157. The summed E-state index contributed by atoms with van der Waals surface area (Å²) in [6, 6.07) is 8.89. The van der Waals surface area contributed by atoms with Crippen molar-refractivity contribution < 1.29 is 27.9 Å². The number of benzene rings is 2. The van der Waals surface area contributed by atoms with Crippen molar-refractivity contribution in [2.24, 2.45) is 5.92 Å². The molecule has 1 aliphatic heterocycles. The molecule has 2 aliphatic rings. The van der Waals surface area contributed by atoms with E-state index < -0.39 is 29.2 Å². The molecule has 1 saturated carbocycles. The molecule has 1 heterocycles. The molecule has 1 aliphatic carbocycles. The second-order valence-corrected chi connectivity index (χ2v) is 7.18. The highest BCUT2D eigenvalue weighted by Gasteiger charge is 2.40. The summed E-state index contributed by atoms with van der Waals surface area (Å²) in [6.07, 6.45) is 0.836. The minimum absolute atomic E-state index is 0.169. The Hall–Kier alpha value is -3.29. The van der Waals surface area contributed by atoms with Gasteiger partial charge in [0.15, 0.2) is 5.76 Å². The highest BCUT2D eigenvalue weighted by Crippen LogP contribution is 2.47. The van der Waals surface area contributed by atoms with Gasteiger partial charge in [-0.15, -0.1) is 0 Å². The molecule has 1 fully saturated rings. The number of hydrogen-bond acceptors (Lipinski definition) is 3. The molecule has 0 unspecified atom stereocenters. The number of halogens is 3. The zero-order chi connectivity index (χ0) is 20.7. The number of anilines is 1. The molecule has 8 heteroatoms. The Morgan fingerprint density at radius 3 is 2.48 bits per heavy atom. The van der Waals surface area contributed by atoms with Crippen LogP contribution in [0.3, 0.4) is 0 Å². The number of nitrogens with one attached hydrogen (secondary N) is 1.